The second-order valence-electron chi connectivity index (χ2n) is 13.0. The maximum Gasteiger partial charge on any atom is 0.416 e. The van der Waals surface area contributed by atoms with E-state index in [1.54, 1.807) is 11.0 Å². The van der Waals surface area contributed by atoms with Gasteiger partial charge in [0.15, 0.2) is 25.6 Å². The first kappa shape index (κ1) is 36.5. The van der Waals surface area contributed by atoms with E-state index >= 15 is 0 Å². The lowest BCUT2D eigenvalue weighted by Gasteiger charge is -2.35. The Morgan fingerprint density at radius 2 is 1.65 bits per heavy atom. The van der Waals surface area contributed by atoms with Crippen molar-refractivity contribution in [2.75, 3.05) is 31.2 Å². The SMILES string of the molecule is CC(C)(C)[Si](C)(C)OCc1onc(-c2ccncc2Cl)c1C(=O)c1nnn(Cc2cc(C(F)(F)F)cc(C(F)(F)F)c2)c1N1CCOCC1. The van der Waals surface area contributed by atoms with Crippen LogP contribution in [0.2, 0.25) is 23.2 Å². The average Bonchev–Trinajstić information content (AvgIpc) is 3.63. The number of hydrogen-bond donors (Lipinski definition) is 0. The Kier molecular flexibility index (Phi) is 10.0. The van der Waals surface area contributed by atoms with Crippen LogP contribution >= 0.6 is 11.6 Å². The number of ether oxygens (including phenoxy) is 1. The third-order valence-corrected chi connectivity index (χ3v) is 13.4. The quantitative estimate of drug-likeness (QED) is 0.0975. The molecule has 49 heavy (non-hydrogen) atoms. The van der Waals surface area contributed by atoms with Gasteiger partial charge in [0.05, 0.1) is 48.1 Å². The molecule has 10 nitrogen and oxygen atoms in total. The summed E-state index contributed by atoms with van der Waals surface area (Å²) in [6.07, 6.45) is -7.27. The van der Waals surface area contributed by atoms with Crippen molar-refractivity contribution in [2.24, 2.45) is 0 Å². The average molecular weight is 731 g/mol. The molecule has 0 unspecified atom stereocenters. The first-order valence-electron chi connectivity index (χ1n) is 15.1. The zero-order valence-electron chi connectivity index (χ0n) is 27.2. The van der Waals surface area contributed by atoms with Crippen molar-refractivity contribution in [3.05, 3.63) is 75.4 Å². The van der Waals surface area contributed by atoms with Gasteiger partial charge in [-0.1, -0.05) is 42.7 Å². The first-order valence-corrected chi connectivity index (χ1v) is 18.4. The van der Waals surface area contributed by atoms with Crippen LogP contribution in [0, 0.1) is 0 Å². The molecule has 4 aromatic rings. The normalized spacial score (nSPS) is 14.8. The molecule has 1 aliphatic heterocycles. The minimum atomic E-state index is -5.05. The summed E-state index contributed by atoms with van der Waals surface area (Å²) >= 11 is 6.44. The molecule has 0 spiro atoms. The zero-order chi connectivity index (χ0) is 35.9. The molecule has 264 valence electrons. The van der Waals surface area contributed by atoms with Crippen LogP contribution in [0.3, 0.4) is 0 Å². The molecule has 1 aromatic carbocycles. The predicted molar refractivity (Wildman–Crippen MR) is 169 cm³/mol. The second-order valence-corrected chi connectivity index (χ2v) is 18.2. The van der Waals surface area contributed by atoms with Crippen LogP contribution in [0.15, 0.2) is 41.2 Å². The molecular weight excluding hydrogens is 698 g/mol. The smallest absolute Gasteiger partial charge is 0.409 e. The van der Waals surface area contributed by atoms with Gasteiger partial charge in [0.1, 0.15) is 5.69 Å². The third-order valence-electron chi connectivity index (χ3n) is 8.60. The molecule has 0 N–H and O–H groups in total. The van der Waals surface area contributed by atoms with Gasteiger partial charge in [0.25, 0.3) is 0 Å². The van der Waals surface area contributed by atoms with Gasteiger partial charge in [-0.25, -0.2) is 4.68 Å². The summed E-state index contributed by atoms with van der Waals surface area (Å²) in [6.45, 7) is 10.4. The molecule has 0 aliphatic carbocycles. The number of carbonyl (C=O) groups excluding carboxylic acids is 1. The summed E-state index contributed by atoms with van der Waals surface area (Å²) in [5, 5.41) is 12.3. The number of aromatic nitrogens is 5. The molecular formula is C31H33ClF6N6O4Si. The maximum atomic E-state index is 14.6. The largest absolute Gasteiger partial charge is 0.416 e. The standard InChI is InChI=1S/C31H33ClF6N6O4Si/c1-29(2,3)49(4,5)47-17-23-24(25(41-48-23)21-6-7-39-15-22(21)32)27(45)26-28(43-8-10-46-11-9-43)44(42-40-26)16-18-12-19(30(33,34)35)14-20(13-18)31(36,37)38/h6-7,12-15H,8-11,16-17H2,1-5H3. The van der Waals surface area contributed by atoms with Gasteiger partial charge in [0, 0.05) is 31.0 Å². The molecule has 1 aliphatic rings. The van der Waals surface area contributed by atoms with E-state index in [0.29, 0.717) is 17.7 Å². The number of anilines is 1. The van der Waals surface area contributed by atoms with E-state index in [1.165, 1.54) is 12.4 Å². The van der Waals surface area contributed by atoms with Gasteiger partial charge in [-0.15, -0.1) is 5.10 Å². The number of halogens is 7. The Morgan fingerprint density at radius 1 is 1.02 bits per heavy atom. The summed E-state index contributed by atoms with van der Waals surface area (Å²) in [5.74, 6) is -0.567. The van der Waals surface area contributed by atoms with Crippen LogP contribution in [0.25, 0.3) is 11.3 Å². The van der Waals surface area contributed by atoms with Crippen LogP contribution in [-0.4, -0.2) is 65.5 Å². The molecule has 4 heterocycles. The zero-order valence-corrected chi connectivity index (χ0v) is 28.9. The van der Waals surface area contributed by atoms with Crippen molar-refractivity contribution in [3.8, 4) is 11.3 Å². The van der Waals surface area contributed by atoms with Gasteiger partial charge in [-0.2, -0.15) is 26.3 Å². The van der Waals surface area contributed by atoms with Crippen LogP contribution in [0.1, 0.15) is 59.3 Å². The number of morpholine rings is 1. The van der Waals surface area contributed by atoms with Crippen molar-refractivity contribution in [3.63, 3.8) is 0 Å². The van der Waals surface area contributed by atoms with Gasteiger partial charge < -0.3 is 18.6 Å². The Labute approximate surface area is 283 Å². The fraction of sp³-hybridized carbons (Fsp3) is 0.452. The van der Waals surface area contributed by atoms with Crippen LogP contribution in [0.4, 0.5) is 32.2 Å². The van der Waals surface area contributed by atoms with Gasteiger partial charge in [0.2, 0.25) is 5.78 Å². The van der Waals surface area contributed by atoms with Crippen LogP contribution in [-0.2, 0) is 34.7 Å². The Balaban J connectivity index is 1.64. The minimum absolute atomic E-state index is 0.0354. The van der Waals surface area contributed by atoms with E-state index < -0.39 is 44.1 Å². The summed E-state index contributed by atoms with van der Waals surface area (Å²) in [7, 11) is -2.37. The number of benzene rings is 1. The highest BCUT2D eigenvalue weighted by Crippen LogP contribution is 2.40. The molecule has 0 radical (unpaired) electrons. The lowest BCUT2D eigenvalue weighted by atomic mass is 10.0. The van der Waals surface area contributed by atoms with E-state index in [0.717, 1.165) is 4.68 Å². The van der Waals surface area contributed by atoms with E-state index in [4.69, 9.17) is 25.3 Å². The monoisotopic (exact) mass is 730 g/mol. The minimum Gasteiger partial charge on any atom is -0.409 e. The molecule has 0 atom stereocenters. The van der Waals surface area contributed by atoms with Crippen LogP contribution in [0.5, 0.6) is 0 Å². The lowest BCUT2D eigenvalue weighted by molar-refractivity contribution is -0.143. The Hall–Kier alpha value is -3.80. The number of rotatable bonds is 9. The molecule has 18 heteroatoms. The number of carbonyl (C=O) groups is 1. The molecule has 5 rings (SSSR count). The van der Waals surface area contributed by atoms with Gasteiger partial charge >= 0.3 is 12.4 Å². The van der Waals surface area contributed by atoms with E-state index in [1.807, 2.05) is 33.9 Å². The van der Waals surface area contributed by atoms with Crippen molar-refractivity contribution in [1.82, 2.24) is 25.1 Å². The molecule has 1 saturated heterocycles. The van der Waals surface area contributed by atoms with Crippen molar-refractivity contribution in [1.29, 1.82) is 0 Å². The van der Waals surface area contributed by atoms with Crippen molar-refractivity contribution >= 4 is 31.5 Å². The molecule has 1 fully saturated rings. The molecule has 0 bridgehead atoms. The number of alkyl halides is 6. The van der Waals surface area contributed by atoms with Gasteiger partial charge in [-0.3, -0.25) is 9.78 Å². The van der Waals surface area contributed by atoms with E-state index in [2.05, 4.69) is 20.5 Å². The number of pyridine rings is 1. The van der Waals surface area contributed by atoms with Crippen LogP contribution < -0.4 is 4.90 Å². The summed E-state index contributed by atoms with van der Waals surface area (Å²) < 4.78 is 101. The maximum absolute atomic E-state index is 14.6. The van der Waals surface area contributed by atoms with E-state index in [-0.39, 0.29) is 83.1 Å². The predicted octanol–water partition coefficient (Wildman–Crippen LogP) is 7.66. The highest BCUT2D eigenvalue weighted by atomic mass is 35.5. The van der Waals surface area contributed by atoms with Crippen molar-refractivity contribution < 1.29 is 44.8 Å². The van der Waals surface area contributed by atoms with Crippen molar-refractivity contribution in [2.45, 2.75) is 64.4 Å². The lowest BCUT2D eigenvalue weighted by Crippen LogP contribution is -2.40. The number of hydrogen-bond acceptors (Lipinski definition) is 9. The van der Waals surface area contributed by atoms with E-state index in [9.17, 15) is 31.1 Å². The third kappa shape index (κ3) is 7.84. The highest BCUT2D eigenvalue weighted by molar-refractivity contribution is 6.74. The fourth-order valence-electron chi connectivity index (χ4n) is 4.92. The summed E-state index contributed by atoms with van der Waals surface area (Å²) in [4.78, 5) is 20.3. The summed E-state index contributed by atoms with van der Waals surface area (Å²) in [6, 6.07) is 2.82. The molecule has 0 saturated carbocycles. The topological polar surface area (TPSA) is 108 Å². The molecule has 0 amide bonds. The Morgan fingerprint density at radius 3 is 2.22 bits per heavy atom. The number of nitrogens with zero attached hydrogens (tertiary/aromatic N) is 6. The Bertz CT molecular complexity index is 1800. The fourth-order valence-corrected chi connectivity index (χ4v) is 6.06. The molecule has 3 aromatic heterocycles. The number of ketones is 1. The van der Waals surface area contributed by atoms with Gasteiger partial charge in [-0.05, 0) is 48.0 Å². The summed E-state index contributed by atoms with van der Waals surface area (Å²) in [5.41, 5.74) is -3.17. The second kappa shape index (κ2) is 13.5. The highest BCUT2D eigenvalue weighted by Gasteiger charge is 2.40. The first-order chi connectivity index (χ1) is 22.8.